The lowest BCUT2D eigenvalue weighted by molar-refractivity contribution is -0.120. The van der Waals surface area contributed by atoms with Crippen molar-refractivity contribution in [1.82, 2.24) is 4.90 Å². The molecule has 0 spiro atoms. The summed E-state index contributed by atoms with van der Waals surface area (Å²) in [4.78, 5) is 13.5. The fraction of sp³-hybridized carbons (Fsp3) is 0.923. The molecule has 98 valence electrons. The predicted molar refractivity (Wildman–Crippen MR) is 66.4 cm³/mol. The molecule has 2 rings (SSSR count). The van der Waals surface area contributed by atoms with Crippen molar-refractivity contribution < 1.29 is 9.90 Å². The molecule has 2 aliphatic rings. The van der Waals surface area contributed by atoms with Gasteiger partial charge in [0.05, 0.1) is 12.6 Å². The number of amides is 1. The molecule has 3 N–H and O–H groups in total. The standard InChI is InChI=1S/C13H24N2O2/c14-13(17)9-15(10-3-1-2-4-10)11-5-7-12(16)8-6-11/h10-12,16H,1-9H2,(H2,14,17). The van der Waals surface area contributed by atoms with Gasteiger partial charge in [-0.05, 0) is 38.5 Å². The number of nitrogens with zero attached hydrogens (tertiary/aromatic N) is 1. The van der Waals surface area contributed by atoms with E-state index in [2.05, 4.69) is 4.90 Å². The van der Waals surface area contributed by atoms with Crippen LogP contribution >= 0.6 is 0 Å². The molecule has 0 saturated heterocycles. The van der Waals surface area contributed by atoms with E-state index in [1.54, 1.807) is 0 Å². The van der Waals surface area contributed by atoms with Gasteiger partial charge in [-0.3, -0.25) is 9.69 Å². The van der Waals surface area contributed by atoms with Crippen LogP contribution in [0.1, 0.15) is 51.4 Å². The number of nitrogens with two attached hydrogens (primary N) is 1. The van der Waals surface area contributed by atoms with Gasteiger partial charge < -0.3 is 10.8 Å². The Balaban J connectivity index is 1.96. The molecule has 0 radical (unpaired) electrons. The van der Waals surface area contributed by atoms with Crippen molar-refractivity contribution in [1.29, 1.82) is 0 Å². The molecule has 0 atom stereocenters. The van der Waals surface area contributed by atoms with Gasteiger partial charge in [0, 0.05) is 12.1 Å². The van der Waals surface area contributed by atoms with E-state index in [-0.39, 0.29) is 12.0 Å². The molecule has 0 aromatic carbocycles. The zero-order valence-electron chi connectivity index (χ0n) is 10.5. The van der Waals surface area contributed by atoms with E-state index in [9.17, 15) is 9.90 Å². The first-order valence-corrected chi connectivity index (χ1v) is 6.89. The topological polar surface area (TPSA) is 66.6 Å². The molecule has 0 heterocycles. The summed E-state index contributed by atoms with van der Waals surface area (Å²) in [5.74, 6) is -0.219. The van der Waals surface area contributed by atoms with Crippen molar-refractivity contribution in [3.8, 4) is 0 Å². The van der Waals surface area contributed by atoms with Gasteiger partial charge in [-0.25, -0.2) is 0 Å². The van der Waals surface area contributed by atoms with Gasteiger partial charge in [-0.15, -0.1) is 0 Å². The highest BCUT2D eigenvalue weighted by atomic mass is 16.3. The second kappa shape index (κ2) is 5.83. The molecule has 4 heteroatoms. The van der Waals surface area contributed by atoms with Crippen LogP contribution in [-0.4, -0.2) is 40.6 Å². The number of carbonyl (C=O) groups excluding carboxylic acids is 1. The van der Waals surface area contributed by atoms with E-state index < -0.39 is 0 Å². The highest BCUT2D eigenvalue weighted by molar-refractivity contribution is 5.76. The third-order valence-corrected chi connectivity index (χ3v) is 4.27. The maximum Gasteiger partial charge on any atom is 0.231 e. The molecule has 2 saturated carbocycles. The van der Waals surface area contributed by atoms with Crippen LogP contribution in [0, 0.1) is 0 Å². The van der Waals surface area contributed by atoms with Crippen molar-refractivity contribution in [2.45, 2.75) is 69.6 Å². The lowest BCUT2D eigenvalue weighted by Crippen LogP contribution is -2.48. The number of hydrogen-bond donors (Lipinski definition) is 2. The van der Waals surface area contributed by atoms with Gasteiger partial charge in [-0.2, -0.15) is 0 Å². The Morgan fingerprint density at radius 2 is 1.59 bits per heavy atom. The summed E-state index contributed by atoms with van der Waals surface area (Å²) in [6.45, 7) is 0.394. The minimum absolute atomic E-state index is 0.134. The van der Waals surface area contributed by atoms with Crippen LogP contribution in [0.15, 0.2) is 0 Å². The lowest BCUT2D eigenvalue weighted by Gasteiger charge is -2.38. The van der Waals surface area contributed by atoms with Crippen LogP contribution < -0.4 is 5.73 Å². The summed E-state index contributed by atoms with van der Waals surface area (Å²) in [7, 11) is 0. The highest BCUT2D eigenvalue weighted by Gasteiger charge is 2.31. The maximum atomic E-state index is 11.2. The molecule has 17 heavy (non-hydrogen) atoms. The smallest absolute Gasteiger partial charge is 0.231 e. The molecule has 0 aromatic rings. The molecule has 4 nitrogen and oxygen atoms in total. The van der Waals surface area contributed by atoms with Crippen molar-refractivity contribution >= 4 is 5.91 Å². The van der Waals surface area contributed by atoms with Crippen molar-refractivity contribution in [3.63, 3.8) is 0 Å². The third kappa shape index (κ3) is 3.42. The highest BCUT2D eigenvalue weighted by Crippen LogP contribution is 2.30. The van der Waals surface area contributed by atoms with Crippen molar-refractivity contribution in [2.75, 3.05) is 6.54 Å². The average Bonchev–Trinajstić information content (AvgIpc) is 2.80. The largest absolute Gasteiger partial charge is 0.393 e. The first-order valence-electron chi connectivity index (χ1n) is 6.89. The maximum absolute atomic E-state index is 11.2. The molecule has 2 fully saturated rings. The van der Waals surface area contributed by atoms with Gasteiger partial charge in [-0.1, -0.05) is 12.8 Å². The monoisotopic (exact) mass is 240 g/mol. The quantitative estimate of drug-likeness (QED) is 0.771. The molecular formula is C13H24N2O2. The van der Waals surface area contributed by atoms with Crippen molar-refractivity contribution in [2.24, 2.45) is 5.73 Å². The SMILES string of the molecule is NC(=O)CN(C1CCCC1)C1CCC(O)CC1. The van der Waals surface area contributed by atoms with Crippen LogP contribution in [0.2, 0.25) is 0 Å². The number of rotatable bonds is 4. The minimum Gasteiger partial charge on any atom is -0.393 e. The minimum atomic E-state index is -0.219. The Morgan fingerprint density at radius 1 is 1.06 bits per heavy atom. The molecule has 0 bridgehead atoms. The summed E-state index contributed by atoms with van der Waals surface area (Å²) in [6, 6.07) is 0.997. The van der Waals surface area contributed by atoms with Crippen LogP contribution in [0.4, 0.5) is 0 Å². The number of aliphatic hydroxyl groups is 1. The lowest BCUT2D eigenvalue weighted by atomic mass is 9.91. The number of primary amides is 1. The zero-order valence-corrected chi connectivity index (χ0v) is 10.5. The fourth-order valence-electron chi connectivity index (χ4n) is 3.36. The summed E-state index contributed by atoms with van der Waals surface area (Å²) < 4.78 is 0. The second-order valence-electron chi connectivity index (χ2n) is 5.54. The Morgan fingerprint density at radius 3 is 2.12 bits per heavy atom. The van der Waals surface area contributed by atoms with Crippen LogP contribution in [0.5, 0.6) is 0 Å². The van der Waals surface area contributed by atoms with E-state index in [0.29, 0.717) is 18.6 Å². The Labute approximate surface area is 103 Å². The van der Waals surface area contributed by atoms with Gasteiger partial charge in [0.15, 0.2) is 0 Å². The van der Waals surface area contributed by atoms with Crippen molar-refractivity contribution in [3.05, 3.63) is 0 Å². The zero-order chi connectivity index (χ0) is 12.3. The predicted octanol–water partition coefficient (Wildman–Crippen LogP) is 1.02. The van der Waals surface area contributed by atoms with Crippen LogP contribution in [0.3, 0.4) is 0 Å². The summed E-state index contributed by atoms with van der Waals surface area (Å²) in [5, 5.41) is 9.55. The van der Waals surface area contributed by atoms with Crippen LogP contribution in [0.25, 0.3) is 0 Å². The molecule has 0 unspecified atom stereocenters. The van der Waals surface area contributed by atoms with E-state index in [0.717, 1.165) is 25.7 Å². The molecule has 0 aromatic heterocycles. The summed E-state index contributed by atoms with van der Waals surface area (Å²) in [5.41, 5.74) is 5.36. The second-order valence-corrected chi connectivity index (χ2v) is 5.54. The van der Waals surface area contributed by atoms with Crippen LogP contribution in [-0.2, 0) is 4.79 Å². The number of carbonyl (C=O) groups is 1. The Kier molecular flexibility index (Phi) is 4.40. The first-order chi connectivity index (χ1) is 8.16. The summed E-state index contributed by atoms with van der Waals surface area (Å²) in [6.07, 6.45) is 8.56. The number of aliphatic hydroxyl groups excluding tert-OH is 1. The van der Waals surface area contributed by atoms with E-state index in [1.807, 2.05) is 0 Å². The van der Waals surface area contributed by atoms with Gasteiger partial charge in [0.25, 0.3) is 0 Å². The van der Waals surface area contributed by atoms with Gasteiger partial charge >= 0.3 is 0 Å². The summed E-state index contributed by atoms with van der Waals surface area (Å²) >= 11 is 0. The Hall–Kier alpha value is -0.610. The third-order valence-electron chi connectivity index (χ3n) is 4.27. The van der Waals surface area contributed by atoms with E-state index >= 15 is 0 Å². The average molecular weight is 240 g/mol. The van der Waals surface area contributed by atoms with Gasteiger partial charge in [0.2, 0.25) is 5.91 Å². The molecule has 2 aliphatic carbocycles. The molecule has 1 amide bonds. The Bertz CT molecular complexity index is 256. The van der Waals surface area contributed by atoms with Gasteiger partial charge in [0.1, 0.15) is 0 Å². The first kappa shape index (κ1) is 12.8. The van der Waals surface area contributed by atoms with E-state index in [1.165, 1.54) is 25.7 Å². The molecular weight excluding hydrogens is 216 g/mol. The molecule has 0 aliphatic heterocycles. The van der Waals surface area contributed by atoms with E-state index in [4.69, 9.17) is 5.73 Å². The fourth-order valence-corrected chi connectivity index (χ4v) is 3.36. The number of hydrogen-bond acceptors (Lipinski definition) is 3. The normalized spacial score (nSPS) is 30.9.